The van der Waals surface area contributed by atoms with E-state index in [2.05, 4.69) is 29.7 Å². The van der Waals surface area contributed by atoms with Crippen molar-refractivity contribution in [3.8, 4) is 5.75 Å². The van der Waals surface area contributed by atoms with E-state index in [4.69, 9.17) is 4.74 Å². The largest absolute Gasteiger partial charge is 0.494 e. The summed E-state index contributed by atoms with van der Waals surface area (Å²) in [6.45, 7) is 2.74. The van der Waals surface area contributed by atoms with Gasteiger partial charge in [0.2, 0.25) is 5.91 Å². The lowest BCUT2D eigenvalue weighted by Crippen LogP contribution is -2.39. The van der Waals surface area contributed by atoms with Gasteiger partial charge in [0.1, 0.15) is 5.75 Å². The second kappa shape index (κ2) is 10.2. The highest BCUT2D eigenvalue weighted by Crippen LogP contribution is 2.35. The summed E-state index contributed by atoms with van der Waals surface area (Å²) in [6, 6.07) is 15.1. The summed E-state index contributed by atoms with van der Waals surface area (Å²) in [6.07, 6.45) is 2.97. The zero-order valence-corrected chi connectivity index (χ0v) is 16.9. The number of ether oxygens (including phenoxy) is 1. The third kappa shape index (κ3) is 5.52. The Morgan fingerprint density at radius 2 is 1.93 bits per heavy atom. The lowest BCUT2D eigenvalue weighted by atomic mass is 10.0. The van der Waals surface area contributed by atoms with Gasteiger partial charge in [0, 0.05) is 16.2 Å². The summed E-state index contributed by atoms with van der Waals surface area (Å²) in [4.78, 5) is 25.8. The van der Waals surface area contributed by atoms with E-state index >= 15 is 0 Å². The van der Waals surface area contributed by atoms with E-state index in [0.717, 1.165) is 36.3 Å². The van der Waals surface area contributed by atoms with Crippen LogP contribution < -0.4 is 15.4 Å². The molecule has 0 radical (unpaired) electrons. The minimum Gasteiger partial charge on any atom is -0.494 e. The van der Waals surface area contributed by atoms with Crippen molar-refractivity contribution in [3.63, 3.8) is 0 Å². The molecule has 1 aliphatic rings. The number of nitrogens with one attached hydrogen (secondary N) is 2. The van der Waals surface area contributed by atoms with Gasteiger partial charge in [0.05, 0.1) is 19.2 Å². The van der Waals surface area contributed by atoms with Gasteiger partial charge in [0.25, 0.3) is 5.91 Å². The Morgan fingerprint density at radius 1 is 1.14 bits per heavy atom. The van der Waals surface area contributed by atoms with Crippen LogP contribution in [0, 0.1) is 0 Å². The van der Waals surface area contributed by atoms with E-state index < -0.39 is 0 Å². The van der Waals surface area contributed by atoms with E-state index in [1.165, 1.54) is 4.90 Å². The molecular weight excluding hydrogens is 372 g/mol. The van der Waals surface area contributed by atoms with Crippen molar-refractivity contribution in [2.45, 2.75) is 37.1 Å². The van der Waals surface area contributed by atoms with Gasteiger partial charge >= 0.3 is 0 Å². The van der Waals surface area contributed by atoms with Crippen LogP contribution in [0.4, 0.5) is 0 Å². The number of amides is 2. The van der Waals surface area contributed by atoms with Crippen molar-refractivity contribution in [2.24, 2.45) is 0 Å². The number of hydrogen-bond acceptors (Lipinski definition) is 4. The maximum Gasteiger partial charge on any atom is 0.251 e. The van der Waals surface area contributed by atoms with Gasteiger partial charge in [-0.1, -0.05) is 31.5 Å². The van der Waals surface area contributed by atoms with Gasteiger partial charge in [-0.25, -0.2) is 0 Å². The van der Waals surface area contributed by atoms with Gasteiger partial charge in [-0.3, -0.25) is 9.59 Å². The van der Waals surface area contributed by atoms with Crippen LogP contribution in [0.5, 0.6) is 5.75 Å². The molecule has 1 atom stereocenters. The Labute approximate surface area is 170 Å². The molecule has 1 heterocycles. The summed E-state index contributed by atoms with van der Waals surface area (Å²) in [7, 11) is 0. The summed E-state index contributed by atoms with van der Waals surface area (Å²) in [5.74, 6) is 1.27. The molecule has 148 valence electrons. The van der Waals surface area contributed by atoms with Crippen molar-refractivity contribution in [1.29, 1.82) is 0 Å². The smallest absolute Gasteiger partial charge is 0.251 e. The fourth-order valence-electron chi connectivity index (χ4n) is 3.04. The lowest BCUT2D eigenvalue weighted by molar-refractivity contribution is -0.120. The number of carbonyl (C=O) groups is 2. The molecule has 2 amide bonds. The zero-order valence-electron chi connectivity index (χ0n) is 16.1. The monoisotopic (exact) mass is 398 g/mol. The maximum absolute atomic E-state index is 12.3. The van der Waals surface area contributed by atoms with Crippen molar-refractivity contribution < 1.29 is 14.3 Å². The first-order chi connectivity index (χ1) is 13.7. The van der Waals surface area contributed by atoms with E-state index in [1.807, 2.05) is 23.9 Å². The fourth-order valence-corrected chi connectivity index (χ4v) is 4.16. The molecule has 0 bridgehead atoms. The van der Waals surface area contributed by atoms with Crippen LogP contribution in [0.1, 0.15) is 48.1 Å². The highest BCUT2D eigenvalue weighted by atomic mass is 32.2. The van der Waals surface area contributed by atoms with Gasteiger partial charge in [-0.15, -0.1) is 11.8 Å². The predicted molar refractivity (Wildman–Crippen MR) is 112 cm³/mol. The molecule has 0 fully saturated rings. The van der Waals surface area contributed by atoms with Crippen LogP contribution in [0.25, 0.3) is 0 Å². The molecule has 2 aromatic rings. The maximum atomic E-state index is 12.3. The Balaban J connectivity index is 1.47. The lowest BCUT2D eigenvalue weighted by Gasteiger charge is -2.25. The van der Waals surface area contributed by atoms with Crippen molar-refractivity contribution in [1.82, 2.24) is 10.6 Å². The quantitative estimate of drug-likeness (QED) is 0.661. The average Bonchev–Trinajstić information content (AvgIpc) is 2.73. The minimum absolute atomic E-state index is 0.00130. The standard InChI is InChI=1S/C22H26N2O3S/c1-2-3-13-27-17-10-8-16(9-11-17)22(26)23-15-21(25)24-19-12-14-28-20-7-5-4-6-18(19)20/h4-11,19H,2-3,12-15H2,1H3,(H,23,26)(H,24,25)/t19-/m0/s1. The molecule has 28 heavy (non-hydrogen) atoms. The number of rotatable bonds is 8. The molecule has 6 heteroatoms. The van der Waals surface area contributed by atoms with E-state index in [0.29, 0.717) is 12.2 Å². The first-order valence-electron chi connectivity index (χ1n) is 9.69. The van der Waals surface area contributed by atoms with Crippen LogP contribution in [-0.2, 0) is 4.79 Å². The molecule has 3 rings (SSSR count). The highest BCUT2D eigenvalue weighted by molar-refractivity contribution is 7.99. The van der Waals surface area contributed by atoms with Crippen LogP contribution in [0.15, 0.2) is 53.4 Å². The number of carbonyl (C=O) groups excluding carboxylic acids is 2. The molecule has 1 aliphatic heterocycles. The van der Waals surface area contributed by atoms with Crippen LogP contribution in [0.2, 0.25) is 0 Å². The Kier molecular flexibility index (Phi) is 7.37. The first-order valence-corrected chi connectivity index (χ1v) is 10.7. The normalized spacial score (nSPS) is 15.4. The molecule has 0 saturated carbocycles. The van der Waals surface area contributed by atoms with E-state index in [-0.39, 0.29) is 24.4 Å². The Bertz CT molecular complexity index is 808. The van der Waals surface area contributed by atoms with Gasteiger partial charge in [-0.2, -0.15) is 0 Å². The van der Waals surface area contributed by atoms with E-state index in [9.17, 15) is 9.59 Å². The van der Waals surface area contributed by atoms with Crippen LogP contribution in [0.3, 0.4) is 0 Å². The molecule has 0 aromatic heterocycles. The molecule has 2 aromatic carbocycles. The molecule has 0 saturated heterocycles. The summed E-state index contributed by atoms with van der Waals surface area (Å²) < 4.78 is 5.60. The Hall–Kier alpha value is -2.47. The zero-order chi connectivity index (χ0) is 19.8. The number of benzene rings is 2. The summed E-state index contributed by atoms with van der Waals surface area (Å²) >= 11 is 1.81. The Morgan fingerprint density at radius 3 is 2.71 bits per heavy atom. The fraction of sp³-hybridized carbons (Fsp3) is 0.364. The second-order valence-corrected chi connectivity index (χ2v) is 7.84. The number of hydrogen-bond donors (Lipinski definition) is 2. The van der Waals surface area contributed by atoms with Crippen molar-refractivity contribution in [2.75, 3.05) is 18.9 Å². The van der Waals surface area contributed by atoms with Gasteiger partial charge in [-0.05, 0) is 48.7 Å². The molecule has 2 N–H and O–H groups in total. The second-order valence-electron chi connectivity index (χ2n) is 6.70. The number of unbranched alkanes of at least 4 members (excludes halogenated alkanes) is 1. The summed E-state index contributed by atoms with van der Waals surface area (Å²) in [5.41, 5.74) is 1.66. The summed E-state index contributed by atoms with van der Waals surface area (Å²) in [5, 5.41) is 5.72. The van der Waals surface area contributed by atoms with Crippen molar-refractivity contribution >= 4 is 23.6 Å². The van der Waals surface area contributed by atoms with Crippen LogP contribution in [-0.4, -0.2) is 30.7 Å². The molecular formula is C22H26N2O3S. The minimum atomic E-state index is -0.269. The SMILES string of the molecule is CCCCOc1ccc(C(=O)NCC(=O)N[C@H]2CCSc3ccccc32)cc1. The first kappa shape index (κ1) is 20.3. The third-order valence-corrected chi connectivity index (χ3v) is 5.71. The molecule has 0 aliphatic carbocycles. The average molecular weight is 399 g/mol. The molecule has 5 nitrogen and oxygen atoms in total. The molecule has 0 spiro atoms. The molecule has 0 unspecified atom stereocenters. The van der Waals surface area contributed by atoms with Crippen molar-refractivity contribution in [3.05, 3.63) is 59.7 Å². The highest BCUT2D eigenvalue weighted by Gasteiger charge is 2.22. The van der Waals surface area contributed by atoms with Crippen LogP contribution >= 0.6 is 11.8 Å². The predicted octanol–water partition coefficient (Wildman–Crippen LogP) is 3.95. The van der Waals surface area contributed by atoms with Gasteiger partial charge in [0.15, 0.2) is 0 Å². The van der Waals surface area contributed by atoms with Gasteiger partial charge < -0.3 is 15.4 Å². The number of thioether (sulfide) groups is 1. The van der Waals surface area contributed by atoms with E-state index in [1.54, 1.807) is 24.3 Å². The third-order valence-electron chi connectivity index (χ3n) is 4.59. The number of fused-ring (bicyclic) bond motifs is 1. The topological polar surface area (TPSA) is 67.4 Å².